The zero-order chi connectivity index (χ0) is 22.7. The van der Waals surface area contributed by atoms with Crippen LogP contribution < -0.4 is 10.7 Å². The van der Waals surface area contributed by atoms with Crippen molar-refractivity contribution in [3.05, 3.63) is 117 Å². The number of para-hydroxylation sites is 1. The molecule has 2 aromatic carbocycles. The Labute approximate surface area is 191 Å². The van der Waals surface area contributed by atoms with Crippen molar-refractivity contribution < 1.29 is 4.79 Å². The van der Waals surface area contributed by atoms with Crippen molar-refractivity contribution in [3.63, 3.8) is 0 Å². The topological polar surface area (TPSA) is 64.0 Å². The van der Waals surface area contributed by atoms with Gasteiger partial charge < -0.3 is 9.88 Å². The molecular weight excluding hydrogens is 422 g/mol. The Bertz CT molecular complexity index is 1350. The van der Waals surface area contributed by atoms with E-state index in [0.29, 0.717) is 34.2 Å². The van der Waals surface area contributed by atoms with Gasteiger partial charge in [0, 0.05) is 34.2 Å². The molecule has 32 heavy (non-hydrogen) atoms. The van der Waals surface area contributed by atoms with Crippen molar-refractivity contribution in [2.75, 3.05) is 5.32 Å². The monoisotopic (exact) mass is 443 g/mol. The summed E-state index contributed by atoms with van der Waals surface area (Å²) in [7, 11) is 0. The molecule has 2 heterocycles. The van der Waals surface area contributed by atoms with Gasteiger partial charge in [-0.2, -0.15) is 0 Å². The lowest BCUT2D eigenvalue weighted by atomic mass is 10.0. The van der Waals surface area contributed by atoms with Gasteiger partial charge >= 0.3 is 0 Å². The van der Waals surface area contributed by atoms with Gasteiger partial charge in [-0.25, -0.2) is 0 Å². The minimum absolute atomic E-state index is 0.0443. The highest BCUT2D eigenvalue weighted by molar-refractivity contribution is 6.33. The van der Waals surface area contributed by atoms with E-state index >= 15 is 0 Å². The molecule has 0 spiro atoms. The Morgan fingerprint density at radius 2 is 1.72 bits per heavy atom. The number of benzene rings is 2. The molecule has 4 aromatic rings. The Morgan fingerprint density at radius 3 is 2.44 bits per heavy atom. The van der Waals surface area contributed by atoms with Crippen molar-refractivity contribution in [1.82, 2.24) is 9.55 Å². The van der Waals surface area contributed by atoms with E-state index in [1.165, 1.54) is 6.07 Å². The van der Waals surface area contributed by atoms with Crippen LogP contribution in [0.25, 0.3) is 11.3 Å². The third-order valence-corrected chi connectivity index (χ3v) is 5.64. The fourth-order valence-electron chi connectivity index (χ4n) is 3.68. The zero-order valence-electron chi connectivity index (χ0n) is 17.8. The van der Waals surface area contributed by atoms with Gasteiger partial charge in [0.15, 0.2) is 5.43 Å². The van der Waals surface area contributed by atoms with Gasteiger partial charge in [0.05, 0.1) is 17.9 Å². The first-order valence-electron chi connectivity index (χ1n) is 10.2. The number of hydrogen-bond donors (Lipinski definition) is 1. The molecule has 0 atom stereocenters. The Morgan fingerprint density at radius 1 is 1.00 bits per heavy atom. The molecule has 160 valence electrons. The van der Waals surface area contributed by atoms with Gasteiger partial charge in [-0.15, -0.1) is 0 Å². The fourth-order valence-corrected chi connectivity index (χ4v) is 3.90. The molecule has 4 rings (SSSR count). The number of nitrogens with one attached hydrogen (secondary N) is 1. The van der Waals surface area contributed by atoms with Crippen molar-refractivity contribution in [2.45, 2.75) is 20.4 Å². The molecule has 0 radical (unpaired) electrons. The number of aryl methyl sites for hydroxylation is 2. The van der Waals surface area contributed by atoms with Gasteiger partial charge in [0.2, 0.25) is 0 Å². The molecule has 0 unspecified atom stereocenters. The predicted octanol–water partition coefficient (Wildman–Crippen LogP) is 5.48. The molecule has 0 bridgehead atoms. The molecule has 0 aliphatic rings. The summed E-state index contributed by atoms with van der Waals surface area (Å²) in [6.45, 7) is 4.13. The lowest BCUT2D eigenvalue weighted by molar-refractivity contribution is 0.102. The van der Waals surface area contributed by atoms with Crippen LogP contribution in [0.15, 0.2) is 83.8 Å². The standard InChI is InChI=1S/C26H22ClN3O2/c1-17-9-3-6-13-22(17)29-26(32)24-23(31)15-18(2)30(16-19-10-7-8-14-28-19)25(24)20-11-4-5-12-21(20)27/h3-15H,16H2,1-2H3,(H,29,32). The molecule has 6 heteroatoms. The first kappa shape index (κ1) is 21.5. The average molecular weight is 444 g/mol. The summed E-state index contributed by atoms with van der Waals surface area (Å²) in [6.07, 6.45) is 1.72. The minimum atomic E-state index is -0.478. The van der Waals surface area contributed by atoms with Crippen molar-refractivity contribution in [1.29, 1.82) is 0 Å². The van der Waals surface area contributed by atoms with E-state index in [1.807, 2.05) is 79.1 Å². The maximum absolute atomic E-state index is 13.4. The average Bonchev–Trinajstić information content (AvgIpc) is 2.78. The third kappa shape index (κ3) is 4.34. The molecular formula is C26H22ClN3O2. The number of amides is 1. The predicted molar refractivity (Wildman–Crippen MR) is 128 cm³/mol. The summed E-state index contributed by atoms with van der Waals surface area (Å²) in [5, 5.41) is 3.35. The van der Waals surface area contributed by atoms with Crippen LogP contribution in [0.5, 0.6) is 0 Å². The van der Waals surface area contributed by atoms with Gasteiger partial charge in [-0.05, 0) is 43.7 Å². The number of carbonyl (C=O) groups is 1. The van der Waals surface area contributed by atoms with E-state index in [2.05, 4.69) is 10.3 Å². The van der Waals surface area contributed by atoms with E-state index in [4.69, 9.17) is 11.6 Å². The molecule has 0 saturated heterocycles. The first-order chi connectivity index (χ1) is 15.5. The van der Waals surface area contributed by atoms with Crippen LogP contribution in [0.2, 0.25) is 5.02 Å². The van der Waals surface area contributed by atoms with Gasteiger partial charge in [-0.1, -0.05) is 54.1 Å². The fraction of sp³-hybridized carbons (Fsp3) is 0.115. The smallest absolute Gasteiger partial charge is 0.261 e. The number of rotatable bonds is 5. The van der Waals surface area contributed by atoms with Crippen LogP contribution in [0.4, 0.5) is 5.69 Å². The van der Waals surface area contributed by atoms with Crippen LogP contribution in [0.1, 0.15) is 27.3 Å². The number of anilines is 1. The Kier molecular flexibility index (Phi) is 6.19. The summed E-state index contributed by atoms with van der Waals surface area (Å²) < 4.78 is 1.91. The molecule has 1 N–H and O–H groups in total. The Hall–Kier alpha value is -3.70. The summed E-state index contributed by atoms with van der Waals surface area (Å²) >= 11 is 6.54. The van der Waals surface area contributed by atoms with Crippen LogP contribution in [0.3, 0.4) is 0 Å². The number of aromatic nitrogens is 2. The van der Waals surface area contributed by atoms with Crippen LogP contribution >= 0.6 is 11.6 Å². The van der Waals surface area contributed by atoms with Gasteiger partial charge in [-0.3, -0.25) is 14.6 Å². The molecule has 5 nitrogen and oxygen atoms in total. The number of carbonyl (C=O) groups excluding carboxylic acids is 1. The highest BCUT2D eigenvalue weighted by atomic mass is 35.5. The number of pyridine rings is 2. The van der Waals surface area contributed by atoms with E-state index in [1.54, 1.807) is 12.3 Å². The molecule has 0 aliphatic carbocycles. The van der Waals surface area contributed by atoms with Gasteiger partial charge in [0.25, 0.3) is 5.91 Å². The van der Waals surface area contributed by atoms with E-state index in [9.17, 15) is 9.59 Å². The van der Waals surface area contributed by atoms with Crippen molar-refractivity contribution in [2.24, 2.45) is 0 Å². The normalized spacial score (nSPS) is 10.7. The highest BCUT2D eigenvalue weighted by Gasteiger charge is 2.23. The molecule has 0 saturated carbocycles. The summed E-state index contributed by atoms with van der Waals surface area (Å²) in [5.74, 6) is -0.478. The minimum Gasteiger partial charge on any atom is -0.338 e. The van der Waals surface area contributed by atoms with Crippen molar-refractivity contribution >= 4 is 23.2 Å². The van der Waals surface area contributed by atoms with Gasteiger partial charge in [0.1, 0.15) is 5.56 Å². The first-order valence-corrected chi connectivity index (χ1v) is 10.6. The summed E-state index contributed by atoms with van der Waals surface area (Å²) in [4.78, 5) is 31.0. The van der Waals surface area contributed by atoms with Crippen LogP contribution in [-0.4, -0.2) is 15.5 Å². The highest BCUT2D eigenvalue weighted by Crippen LogP contribution is 2.31. The lowest BCUT2D eigenvalue weighted by Gasteiger charge is -2.21. The number of hydrogen-bond acceptors (Lipinski definition) is 3. The zero-order valence-corrected chi connectivity index (χ0v) is 18.6. The second kappa shape index (κ2) is 9.20. The Balaban J connectivity index is 1.94. The second-order valence-electron chi connectivity index (χ2n) is 7.53. The van der Waals surface area contributed by atoms with Crippen molar-refractivity contribution in [3.8, 4) is 11.3 Å². The molecule has 0 fully saturated rings. The maximum atomic E-state index is 13.4. The lowest BCUT2D eigenvalue weighted by Crippen LogP contribution is -2.27. The molecule has 0 aliphatic heterocycles. The second-order valence-corrected chi connectivity index (χ2v) is 7.94. The molecule has 2 aromatic heterocycles. The quantitative estimate of drug-likeness (QED) is 0.444. The maximum Gasteiger partial charge on any atom is 0.261 e. The van der Waals surface area contributed by atoms with E-state index in [-0.39, 0.29) is 11.0 Å². The van der Waals surface area contributed by atoms with Crippen LogP contribution in [-0.2, 0) is 6.54 Å². The molecule has 1 amide bonds. The van der Waals surface area contributed by atoms with E-state index in [0.717, 1.165) is 11.3 Å². The SMILES string of the molecule is Cc1ccccc1NC(=O)c1c(-c2ccccc2Cl)n(Cc2ccccn2)c(C)cc1=O. The number of halogens is 1. The third-order valence-electron chi connectivity index (χ3n) is 5.31. The summed E-state index contributed by atoms with van der Waals surface area (Å²) in [5.41, 5.74) is 3.84. The van der Waals surface area contributed by atoms with Crippen LogP contribution in [0, 0.1) is 13.8 Å². The summed E-state index contributed by atoms with van der Waals surface area (Å²) in [6, 6.07) is 21.8. The van der Waals surface area contributed by atoms with E-state index < -0.39 is 5.91 Å². The largest absolute Gasteiger partial charge is 0.338 e. The number of nitrogens with zero attached hydrogens (tertiary/aromatic N) is 2.